The van der Waals surface area contributed by atoms with E-state index < -0.39 is 16.1 Å². The van der Waals surface area contributed by atoms with Crippen LogP contribution < -0.4 is 14.5 Å². The Morgan fingerprint density at radius 3 is 2.35 bits per heavy atom. The Kier molecular flexibility index (Phi) is 7.23. The molecule has 0 saturated carbocycles. The minimum atomic E-state index is -3.67. The molecule has 0 unspecified atom stereocenters. The molecule has 1 aliphatic rings. The van der Waals surface area contributed by atoms with Crippen molar-refractivity contribution in [2.24, 2.45) is 0 Å². The van der Waals surface area contributed by atoms with Gasteiger partial charge >= 0.3 is 0 Å². The van der Waals surface area contributed by atoms with E-state index in [1.165, 1.54) is 4.31 Å². The summed E-state index contributed by atoms with van der Waals surface area (Å²) in [6.45, 7) is 8.65. The van der Waals surface area contributed by atoms with Gasteiger partial charge in [0, 0.05) is 24.5 Å². The molecule has 1 saturated heterocycles. The third kappa shape index (κ3) is 5.57. The van der Waals surface area contributed by atoms with Gasteiger partial charge in [-0.3, -0.25) is 9.10 Å². The summed E-state index contributed by atoms with van der Waals surface area (Å²) in [5, 5.41) is 2.89. The number of benzene rings is 2. The van der Waals surface area contributed by atoms with Gasteiger partial charge in [-0.1, -0.05) is 19.1 Å². The van der Waals surface area contributed by atoms with Gasteiger partial charge in [0.05, 0.1) is 25.2 Å². The Bertz CT molecular complexity index is 1020. The zero-order chi connectivity index (χ0) is 22.6. The highest BCUT2D eigenvalue weighted by Crippen LogP contribution is 2.28. The van der Waals surface area contributed by atoms with Crippen molar-refractivity contribution in [1.82, 2.24) is 0 Å². The minimum Gasteiger partial charge on any atom is -0.378 e. The van der Waals surface area contributed by atoms with E-state index >= 15 is 0 Å². The molecule has 0 aliphatic carbocycles. The zero-order valence-electron chi connectivity index (χ0n) is 18.6. The number of carbonyl (C=O) groups excluding carboxylic acids is 1. The normalized spacial score (nSPS) is 15.4. The van der Waals surface area contributed by atoms with Crippen LogP contribution in [-0.2, 0) is 19.6 Å². The molecule has 1 heterocycles. The molecular formula is C23H31N3O4S. The van der Waals surface area contributed by atoms with Gasteiger partial charge in [0.15, 0.2) is 0 Å². The molecule has 1 aliphatic heterocycles. The van der Waals surface area contributed by atoms with E-state index in [-0.39, 0.29) is 5.91 Å². The smallest absolute Gasteiger partial charge is 0.248 e. The average Bonchev–Trinajstić information content (AvgIpc) is 2.74. The van der Waals surface area contributed by atoms with Crippen LogP contribution >= 0.6 is 0 Å². The number of carbonyl (C=O) groups is 1. The summed E-state index contributed by atoms with van der Waals surface area (Å²) in [5.41, 5.74) is 3.98. The molecule has 0 spiro atoms. The topological polar surface area (TPSA) is 79.0 Å². The first kappa shape index (κ1) is 23.1. The van der Waals surface area contributed by atoms with Crippen LogP contribution in [0.1, 0.15) is 24.5 Å². The summed E-state index contributed by atoms with van der Waals surface area (Å²) in [6.07, 6.45) is 1.49. The van der Waals surface area contributed by atoms with Gasteiger partial charge in [-0.25, -0.2) is 8.42 Å². The molecule has 0 aromatic heterocycles. The standard InChI is InChI=1S/C23H31N3O4S/c1-5-21(26(31(4,28)29)22-16-17(2)6-7-18(22)3)23(27)24-19-8-10-20(11-9-19)25-12-14-30-15-13-25/h6-11,16,21H,5,12-15H2,1-4H3,(H,24,27)/t21-/m0/s1. The van der Waals surface area contributed by atoms with E-state index in [2.05, 4.69) is 10.2 Å². The van der Waals surface area contributed by atoms with Crippen molar-refractivity contribution in [3.8, 4) is 0 Å². The number of nitrogens with one attached hydrogen (secondary N) is 1. The Morgan fingerprint density at radius 1 is 1.13 bits per heavy atom. The summed E-state index contributed by atoms with van der Waals surface area (Å²) in [4.78, 5) is 15.4. The maximum absolute atomic E-state index is 13.1. The molecule has 3 rings (SSSR count). The molecule has 168 valence electrons. The lowest BCUT2D eigenvalue weighted by Crippen LogP contribution is -2.47. The van der Waals surface area contributed by atoms with Crippen molar-refractivity contribution < 1.29 is 17.9 Å². The maximum Gasteiger partial charge on any atom is 0.248 e. The number of hydrogen-bond donors (Lipinski definition) is 1. The fraction of sp³-hybridized carbons (Fsp3) is 0.435. The average molecular weight is 446 g/mol. The van der Waals surface area contributed by atoms with E-state index in [0.29, 0.717) is 31.0 Å². The number of ether oxygens (including phenoxy) is 1. The Hall–Kier alpha value is -2.58. The Morgan fingerprint density at radius 2 is 1.77 bits per heavy atom. The van der Waals surface area contributed by atoms with E-state index in [1.807, 2.05) is 63.2 Å². The van der Waals surface area contributed by atoms with Gasteiger partial charge < -0.3 is 15.0 Å². The molecule has 2 aromatic carbocycles. The molecular weight excluding hydrogens is 414 g/mol. The van der Waals surface area contributed by atoms with Crippen LogP contribution in [0.25, 0.3) is 0 Å². The largest absolute Gasteiger partial charge is 0.378 e. The van der Waals surface area contributed by atoms with Crippen molar-refractivity contribution in [1.29, 1.82) is 0 Å². The fourth-order valence-electron chi connectivity index (χ4n) is 3.79. The Labute approximate surface area is 185 Å². The van der Waals surface area contributed by atoms with Crippen LogP contribution in [-0.4, -0.2) is 52.9 Å². The first-order valence-electron chi connectivity index (χ1n) is 10.5. The lowest BCUT2D eigenvalue weighted by molar-refractivity contribution is -0.117. The second-order valence-corrected chi connectivity index (χ2v) is 9.77. The third-order valence-corrected chi connectivity index (χ3v) is 6.61. The van der Waals surface area contributed by atoms with Crippen LogP contribution in [0, 0.1) is 13.8 Å². The molecule has 0 bridgehead atoms. The number of aryl methyl sites for hydroxylation is 2. The molecule has 1 amide bonds. The predicted octanol–water partition coefficient (Wildman–Crippen LogP) is 3.32. The van der Waals surface area contributed by atoms with E-state index in [0.717, 1.165) is 36.2 Å². The monoisotopic (exact) mass is 445 g/mol. The molecule has 1 atom stereocenters. The van der Waals surface area contributed by atoms with Gasteiger partial charge in [0.1, 0.15) is 6.04 Å². The highest BCUT2D eigenvalue weighted by Gasteiger charge is 2.32. The number of sulfonamides is 1. The van der Waals surface area contributed by atoms with Gasteiger partial charge in [-0.2, -0.15) is 0 Å². The van der Waals surface area contributed by atoms with Crippen molar-refractivity contribution >= 4 is 33.0 Å². The molecule has 1 fully saturated rings. The highest BCUT2D eigenvalue weighted by molar-refractivity contribution is 7.92. The summed E-state index contributed by atoms with van der Waals surface area (Å²) >= 11 is 0. The second-order valence-electron chi connectivity index (χ2n) is 7.91. The van der Waals surface area contributed by atoms with Crippen LogP contribution in [0.2, 0.25) is 0 Å². The lowest BCUT2D eigenvalue weighted by atomic mass is 10.1. The van der Waals surface area contributed by atoms with Gasteiger partial charge in [-0.05, 0) is 61.7 Å². The minimum absolute atomic E-state index is 0.345. The van der Waals surface area contributed by atoms with Crippen LogP contribution in [0.4, 0.5) is 17.1 Å². The van der Waals surface area contributed by atoms with Crippen LogP contribution in [0.5, 0.6) is 0 Å². The SMILES string of the molecule is CC[C@@H](C(=O)Nc1ccc(N2CCOCC2)cc1)N(c1cc(C)ccc1C)S(C)(=O)=O. The van der Waals surface area contributed by atoms with Gasteiger partial charge in [0.2, 0.25) is 15.9 Å². The molecule has 7 nitrogen and oxygen atoms in total. The molecule has 2 aromatic rings. The number of hydrogen-bond acceptors (Lipinski definition) is 5. The molecule has 31 heavy (non-hydrogen) atoms. The number of morpholine rings is 1. The summed E-state index contributed by atoms with van der Waals surface area (Å²) in [5.74, 6) is -0.354. The zero-order valence-corrected chi connectivity index (χ0v) is 19.4. The first-order valence-corrected chi connectivity index (χ1v) is 12.4. The molecule has 0 radical (unpaired) electrons. The van der Waals surface area contributed by atoms with E-state index in [4.69, 9.17) is 4.74 Å². The summed E-state index contributed by atoms with van der Waals surface area (Å²) < 4.78 is 32.0. The van der Waals surface area contributed by atoms with Crippen molar-refractivity contribution in [3.63, 3.8) is 0 Å². The van der Waals surface area contributed by atoms with Crippen LogP contribution in [0.15, 0.2) is 42.5 Å². The fourth-order valence-corrected chi connectivity index (χ4v) is 5.06. The highest BCUT2D eigenvalue weighted by atomic mass is 32.2. The molecule has 8 heteroatoms. The lowest BCUT2D eigenvalue weighted by Gasteiger charge is -2.31. The van der Waals surface area contributed by atoms with Gasteiger partial charge in [-0.15, -0.1) is 0 Å². The van der Waals surface area contributed by atoms with Gasteiger partial charge in [0.25, 0.3) is 0 Å². The summed E-state index contributed by atoms with van der Waals surface area (Å²) in [6, 6.07) is 12.4. The number of anilines is 3. The van der Waals surface area contributed by atoms with E-state index in [9.17, 15) is 13.2 Å². The van der Waals surface area contributed by atoms with Crippen molar-refractivity contribution in [2.75, 3.05) is 47.1 Å². The number of rotatable bonds is 7. The number of amides is 1. The maximum atomic E-state index is 13.1. The second kappa shape index (κ2) is 9.70. The predicted molar refractivity (Wildman–Crippen MR) is 125 cm³/mol. The van der Waals surface area contributed by atoms with Crippen molar-refractivity contribution in [3.05, 3.63) is 53.6 Å². The van der Waals surface area contributed by atoms with E-state index in [1.54, 1.807) is 0 Å². The molecule has 1 N–H and O–H groups in total. The number of nitrogens with zero attached hydrogens (tertiary/aromatic N) is 2. The third-order valence-electron chi connectivity index (χ3n) is 5.44. The van der Waals surface area contributed by atoms with Crippen molar-refractivity contribution in [2.45, 2.75) is 33.2 Å². The van der Waals surface area contributed by atoms with Crippen LogP contribution in [0.3, 0.4) is 0 Å². The Balaban J connectivity index is 1.82. The quantitative estimate of drug-likeness (QED) is 0.707. The first-order chi connectivity index (χ1) is 14.7. The summed E-state index contributed by atoms with van der Waals surface area (Å²) in [7, 11) is -3.67.